The van der Waals surface area contributed by atoms with Crippen molar-refractivity contribution in [3.8, 4) is 5.75 Å². The van der Waals surface area contributed by atoms with Crippen LogP contribution in [0.2, 0.25) is 0 Å². The lowest BCUT2D eigenvalue weighted by atomic mass is 9.92. The van der Waals surface area contributed by atoms with Crippen LogP contribution < -0.4 is 10.1 Å². The summed E-state index contributed by atoms with van der Waals surface area (Å²) in [5.41, 5.74) is 6.13. The molecule has 0 unspecified atom stereocenters. The number of amides is 1. The van der Waals surface area contributed by atoms with E-state index in [-0.39, 0.29) is 6.79 Å². The predicted octanol–water partition coefficient (Wildman–Crippen LogP) is 6.35. The second kappa shape index (κ2) is 9.98. The summed E-state index contributed by atoms with van der Waals surface area (Å²) in [6, 6.07) is 10.3. The lowest BCUT2D eigenvalue weighted by molar-refractivity contribution is 0.0502. The Kier molecular flexibility index (Phi) is 7.90. The summed E-state index contributed by atoms with van der Waals surface area (Å²) in [4.78, 5) is 12.1. The van der Waals surface area contributed by atoms with Crippen LogP contribution in [0.5, 0.6) is 5.75 Å². The average Bonchev–Trinajstić information content (AvgIpc) is 2.61. The number of carbonyl (C=O) groups excluding carboxylic acids is 1. The van der Waals surface area contributed by atoms with Gasteiger partial charge in [-0.1, -0.05) is 26.0 Å². The maximum atomic E-state index is 12.1. The van der Waals surface area contributed by atoms with Gasteiger partial charge in [0.1, 0.15) is 11.4 Å². The van der Waals surface area contributed by atoms with Crippen molar-refractivity contribution in [2.45, 2.75) is 66.4 Å². The molecule has 2 aromatic rings. The molecule has 5 heteroatoms. The maximum absolute atomic E-state index is 12.1. The Morgan fingerprint density at radius 2 is 1.70 bits per heavy atom. The summed E-state index contributed by atoms with van der Waals surface area (Å²) in [6.45, 7) is 14.3. The summed E-state index contributed by atoms with van der Waals surface area (Å²) in [5, 5.41) is 2.83. The third kappa shape index (κ3) is 6.77. The van der Waals surface area contributed by atoms with Gasteiger partial charge in [-0.25, -0.2) is 4.79 Å². The zero-order valence-electron chi connectivity index (χ0n) is 19.5. The van der Waals surface area contributed by atoms with Crippen molar-refractivity contribution in [1.29, 1.82) is 0 Å². The van der Waals surface area contributed by atoms with E-state index in [9.17, 15) is 4.79 Å². The van der Waals surface area contributed by atoms with Crippen molar-refractivity contribution < 1.29 is 19.0 Å². The van der Waals surface area contributed by atoms with Crippen LogP contribution in [0, 0.1) is 13.8 Å². The number of anilines is 1. The van der Waals surface area contributed by atoms with Gasteiger partial charge in [0.25, 0.3) is 0 Å². The van der Waals surface area contributed by atoms with Crippen LogP contribution in [0.3, 0.4) is 0 Å². The van der Waals surface area contributed by atoms with E-state index in [0.29, 0.717) is 5.92 Å². The predicted molar refractivity (Wildman–Crippen MR) is 122 cm³/mol. The van der Waals surface area contributed by atoms with Crippen molar-refractivity contribution in [3.63, 3.8) is 0 Å². The van der Waals surface area contributed by atoms with Crippen LogP contribution in [-0.2, 0) is 15.9 Å². The van der Waals surface area contributed by atoms with Gasteiger partial charge in [-0.2, -0.15) is 0 Å². The largest absolute Gasteiger partial charge is 0.467 e. The van der Waals surface area contributed by atoms with Crippen LogP contribution >= 0.6 is 0 Å². The van der Waals surface area contributed by atoms with Gasteiger partial charge in [0.2, 0.25) is 0 Å². The van der Waals surface area contributed by atoms with Gasteiger partial charge < -0.3 is 14.2 Å². The number of methoxy groups -OCH3 is 1. The van der Waals surface area contributed by atoms with E-state index in [1.165, 1.54) is 16.7 Å². The molecular formula is C25H35NO4. The maximum Gasteiger partial charge on any atom is 0.412 e. The first-order valence-corrected chi connectivity index (χ1v) is 10.3. The molecular weight excluding hydrogens is 378 g/mol. The second-order valence-corrected chi connectivity index (χ2v) is 8.97. The molecule has 1 amide bonds. The smallest absolute Gasteiger partial charge is 0.412 e. The third-order valence-corrected chi connectivity index (χ3v) is 4.75. The van der Waals surface area contributed by atoms with Gasteiger partial charge in [0.05, 0.1) is 0 Å². The van der Waals surface area contributed by atoms with E-state index >= 15 is 0 Å². The summed E-state index contributed by atoms with van der Waals surface area (Å²) in [7, 11) is 1.62. The van der Waals surface area contributed by atoms with E-state index in [2.05, 4.69) is 45.1 Å². The van der Waals surface area contributed by atoms with Gasteiger partial charge in [-0.15, -0.1) is 0 Å². The minimum absolute atomic E-state index is 0.239. The lowest BCUT2D eigenvalue weighted by Gasteiger charge is -2.20. The summed E-state index contributed by atoms with van der Waals surface area (Å²) in [6.07, 6.45) is 0.372. The minimum atomic E-state index is -0.526. The fraction of sp³-hybridized carbons (Fsp3) is 0.480. The molecule has 0 aliphatic heterocycles. The zero-order valence-corrected chi connectivity index (χ0v) is 19.5. The minimum Gasteiger partial charge on any atom is -0.467 e. The van der Waals surface area contributed by atoms with Gasteiger partial charge in [0.15, 0.2) is 6.79 Å². The summed E-state index contributed by atoms with van der Waals surface area (Å²) in [5.74, 6) is 1.21. The van der Waals surface area contributed by atoms with E-state index in [0.717, 1.165) is 29.0 Å². The molecule has 1 N–H and O–H groups in total. The van der Waals surface area contributed by atoms with Crippen molar-refractivity contribution in [3.05, 3.63) is 58.1 Å². The Bertz CT molecular complexity index is 858. The molecule has 0 aromatic heterocycles. The molecule has 30 heavy (non-hydrogen) atoms. The van der Waals surface area contributed by atoms with Crippen LogP contribution in [-0.4, -0.2) is 25.6 Å². The van der Waals surface area contributed by atoms with Crippen LogP contribution in [0.15, 0.2) is 30.3 Å². The molecule has 0 aliphatic carbocycles. The normalized spacial score (nSPS) is 11.5. The molecule has 0 fully saturated rings. The summed E-state index contributed by atoms with van der Waals surface area (Å²) >= 11 is 0. The number of benzene rings is 2. The molecule has 2 aromatic carbocycles. The first kappa shape index (κ1) is 23.7. The molecule has 0 bridgehead atoms. The number of rotatable bonds is 7. The molecule has 0 saturated carbocycles. The number of hydrogen-bond donors (Lipinski definition) is 1. The van der Waals surface area contributed by atoms with E-state index in [4.69, 9.17) is 14.2 Å². The quantitative estimate of drug-likeness (QED) is 0.538. The van der Waals surface area contributed by atoms with E-state index < -0.39 is 11.7 Å². The lowest BCUT2D eigenvalue weighted by Crippen LogP contribution is -2.27. The van der Waals surface area contributed by atoms with Gasteiger partial charge >= 0.3 is 6.09 Å². The van der Waals surface area contributed by atoms with Crippen molar-refractivity contribution in [1.82, 2.24) is 0 Å². The van der Waals surface area contributed by atoms with Crippen molar-refractivity contribution in [2.24, 2.45) is 0 Å². The van der Waals surface area contributed by atoms with Crippen molar-refractivity contribution in [2.75, 3.05) is 19.2 Å². The zero-order chi connectivity index (χ0) is 22.5. The first-order chi connectivity index (χ1) is 14.0. The highest BCUT2D eigenvalue weighted by molar-refractivity contribution is 5.85. The standard InChI is InChI=1S/C25H35NO4/c1-16(2)21-13-19(9-10-23(21)29-15-28-8)14-22-17(3)11-20(12-18(22)4)26-24(27)30-25(5,6)7/h9-13,16H,14-15H2,1-8H3,(H,26,27). The number of ether oxygens (including phenoxy) is 3. The molecule has 0 aliphatic rings. The number of aryl methyl sites for hydroxylation is 2. The van der Waals surface area contributed by atoms with E-state index in [1.54, 1.807) is 7.11 Å². The van der Waals surface area contributed by atoms with Gasteiger partial charge in [-0.05, 0) is 93.0 Å². The first-order valence-electron chi connectivity index (χ1n) is 10.3. The third-order valence-electron chi connectivity index (χ3n) is 4.75. The Morgan fingerprint density at radius 1 is 1.07 bits per heavy atom. The molecule has 0 atom stereocenters. The van der Waals surface area contributed by atoms with Gasteiger partial charge in [-0.3, -0.25) is 5.32 Å². The molecule has 0 radical (unpaired) electrons. The Balaban J connectivity index is 2.22. The molecule has 0 heterocycles. The molecule has 0 saturated heterocycles. The number of nitrogens with one attached hydrogen (secondary N) is 1. The monoisotopic (exact) mass is 413 g/mol. The second-order valence-electron chi connectivity index (χ2n) is 8.97. The molecule has 0 spiro atoms. The highest BCUT2D eigenvalue weighted by Gasteiger charge is 2.17. The average molecular weight is 414 g/mol. The van der Waals surface area contributed by atoms with Gasteiger partial charge in [0, 0.05) is 12.8 Å². The highest BCUT2D eigenvalue weighted by Crippen LogP contribution is 2.30. The highest BCUT2D eigenvalue weighted by atomic mass is 16.7. The summed E-state index contributed by atoms with van der Waals surface area (Å²) < 4.78 is 16.1. The molecule has 5 nitrogen and oxygen atoms in total. The Labute approximate surface area is 180 Å². The fourth-order valence-corrected chi connectivity index (χ4v) is 3.38. The Morgan fingerprint density at radius 3 is 2.23 bits per heavy atom. The number of hydrogen-bond acceptors (Lipinski definition) is 4. The Hall–Kier alpha value is -2.53. The van der Waals surface area contributed by atoms with Crippen LogP contribution in [0.1, 0.15) is 68.4 Å². The van der Waals surface area contributed by atoms with E-state index in [1.807, 2.05) is 39.0 Å². The fourth-order valence-electron chi connectivity index (χ4n) is 3.38. The topological polar surface area (TPSA) is 56.8 Å². The molecule has 2 rings (SSSR count). The molecule has 164 valence electrons. The van der Waals surface area contributed by atoms with Crippen LogP contribution in [0.4, 0.5) is 10.5 Å². The number of carbonyl (C=O) groups is 1. The van der Waals surface area contributed by atoms with Crippen molar-refractivity contribution >= 4 is 11.8 Å². The van der Waals surface area contributed by atoms with Crippen LogP contribution in [0.25, 0.3) is 0 Å². The SMILES string of the molecule is COCOc1ccc(Cc2c(C)cc(NC(=O)OC(C)(C)C)cc2C)cc1C(C)C.